The van der Waals surface area contributed by atoms with Gasteiger partial charge in [-0.2, -0.15) is 0 Å². The van der Waals surface area contributed by atoms with Gasteiger partial charge in [-0.3, -0.25) is 14.4 Å². The number of rotatable bonds is 4. The molecule has 8 heteroatoms. The molecule has 1 saturated carbocycles. The van der Waals surface area contributed by atoms with Crippen molar-refractivity contribution in [2.45, 2.75) is 70.1 Å². The molecule has 0 aromatic rings. The Kier molecular flexibility index (Phi) is 5.24. The van der Waals surface area contributed by atoms with Gasteiger partial charge in [0.1, 0.15) is 6.10 Å². The summed E-state index contributed by atoms with van der Waals surface area (Å²) in [6.45, 7) is 6.57. The van der Waals surface area contributed by atoms with Crippen LogP contribution in [0.15, 0.2) is 0 Å². The summed E-state index contributed by atoms with van der Waals surface area (Å²) in [4.78, 5) is 37.4. The topological polar surface area (TPSA) is 108 Å². The lowest BCUT2D eigenvalue weighted by atomic mass is 9.73. The molecule has 2 atom stereocenters. The largest absolute Gasteiger partial charge is 0.388 e. The molecule has 2 saturated heterocycles. The highest BCUT2D eigenvalue weighted by Crippen LogP contribution is 2.46. The van der Waals surface area contributed by atoms with E-state index in [1.165, 1.54) is 6.92 Å². The minimum atomic E-state index is -0.836. The van der Waals surface area contributed by atoms with Crippen LogP contribution < -0.4 is 10.6 Å². The Morgan fingerprint density at radius 3 is 2.30 bits per heavy atom. The molecule has 1 aliphatic carbocycles. The van der Waals surface area contributed by atoms with Crippen LogP contribution in [0.4, 0.5) is 0 Å². The first-order chi connectivity index (χ1) is 12.6. The van der Waals surface area contributed by atoms with Crippen LogP contribution in [-0.4, -0.2) is 71.2 Å². The maximum atomic E-state index is 12.5. The number of aliphatic hydroxyl groups excluding tert-OH is 1. The third kappa shape index (κ3) is 3.96. The fourth-order valence-corrected chi connectivity index (χ4v) is 4.08. The number of hydrogen-bond donors (Lipinski definition) is 3. The molecular formula is C19H31N3O5. The smallest absolute Gasteiger partial charge is 0.241 e. The van der Waals surface area contributed by atoms with Crippen molar-refractivity contribution in [3.05, 3.63) is 0 Å². The van der Waals surface area contributed by atoms with Gasteiger partial charge in [0.25, 0.3) is 0 Å². The van der Waals surface area contributed by atoms with Gasteiger partial charge < -0.3 is 25.4 Å². The van der Waals surface area contributed by atoms with Gasteiger partial charge in [-0.25, -0.2) is 0 Å². The Bertz CT molecular complexity index is 625. The first-order valence-electron chi connectivity index (χ1n) is 9.77. The first kappa shape index (κ1) is 20.1. The predicted molar refractivity (Wildman–Crippen MR) is 97.7 cm³/mol. The Morgan fingerprint density at radius 1 is 1.11 bits per heavy atom. The molecule has 1 spiro atoms. The summed E-state index contributed by atoms with van der Waals surface area (Å²) in [7, 11) is 0. The van der Waals surface area contributed by atoms with Crippen molar-refractivity contribution in [1.82, 2.24) is 15.5 Å². The molecule has 3 amide bonds. The van der Waals surface area contributed by atoms with Crippen LogP contribution in [0.3, 0.4) is 0 Å². The predicted octanol–water partition coefficient (Wildman–Crippen LogP) is -0.0601. The Morgan fingerprint density at radius 2 is 1.74 bits per heavy atom. The molecule has 3 aliphatic rings. The van der Waals surface area contributed by atoms with Crippen molar-refractivity contribution in [3.63, 3.8) is 0 Å². The normalized spacial score (nSPS) is 31.3. The highest BCUT2D eigenvalue weighted by atomic mass is 16.5. The summed E-state index contributed by atoms with van der Waals surface area (Å²) < 4.78 is 6.01. The monoisotopic (exact) mass is 381 g/mol. The number of nitrogens with one attached hydrogen (secondary N) is 2. The number of ether oxygens (including phenoxy) is 1. The van der Waals surface area contributed by atoms with E-state index in [4.69, 9.17) is 4.74 Å². The van der Waals surface area contributed by atoms with Crippen LogP contribution in [0.5, 0.6) is 0 Å². The van der Waals surface area contributed by atoms with E-state index in [-0.39, 0.29) is 29.7 Å². The molecule has 3 rings (SSSR count). The average Bonchev–Trinajstić information content (AvgIpc) is 3.37. The number of amides is 3. The van der Waals surface area contributed by atoms with Gasteiger partial charge in [0.2, 0.25) is 17.7 Å². The number of piperidine rings is 1. The zero-order chi connectivity index (χ0) is 19.9. The van der Waals surface area contributed by atoms with Crippen molar-refractivity contribution in [1.29, 1.82) is 0 Å². The molecule has 2 aliphatic heterocycles. The number of likely N-dealkylation sites (tertiary alicyclic amines) is 1. The van der Waals surface area contributed by atoms with E-state index >= 15 is 0 Å². The van der Waals surface area contributed by atoms with E-state index < -0.39 is 17.2 Å². The lowest BCUT2D eigenvalue weighted by Gasteiger charge is -2.53. The molecule has 2 heterocycles. The Hall–Kier alpha value is -1.67. The number of aliphatic hydroxyl groups is 1. The Balaban J connectivity index is 1.62. The van der Waals surface area contributed by atoms with E-state index in [0.717, 1.165) is 12.8 Å². The van der Waals surface area contributed by atoms with E-state index in [1.54, 1.807) is 4.90 Å². The molecule has 152 valence electrons. The number of carbonyl (C=O) groups excluding carboxylic acids is 3. The maximum Gasteiger partial charge on any atom is 0.241 e. The highest BCUT2D eigenvalue weighted by Gasteiger charge is 2.56. The Labute approximate surface area is 160 Å². The second-order valence-corrected chi connectivity index (χ2v) is 8.79. The lowest BCUT2D eigenvalue weighted by Crippen LogP contribution is -2.70. The first-order valence-corrected chi connectivity index (χ1v) is 9.77. The van der Waals surface area contributed by atoms with Crippen LogP contribution in [0.25, 0.3) is 0 Å². The molecule has 0 bridgehead atoms. The molecule has 27 heavy (non-hydrogen) atoms. The molecule has 3 fully saturated rings. The van der Waals surface area contributed by atoms with E-state index in [9.17, 15) is 19.5 Å². The van der Waals surface area contributed by atoms with Crippen LogP contribution in [0, 0.1) is 5.41 Å². The summed E-state index contributed by atoms with van der Waals surface area (Å²) in [5.41, 5.74) is -1.79. The SMILES string of the molecule is CC(=O)NCC(=O)N1CCC2(CC1)OCC[C@@](C)(NC(=O)C1(C)CC1)[C@@H]2O. The van der Waals surface area contributed by atoms with Gasteiger partial charge >= 0.3 is 0 Å². The van der Waals surface area contributed by atoms with Crippen LogP contribution >= 0.6 is 0 Å². The summed E-state index contributed by atoms with van der Waals surface area (Å²) in [5.74, 6) is -0.370. The second-order valence-electron chi connectivity index (χ2n) is 8.79. The number of hydrogen-bond acceptors (Lipinski definition) is 5. The van der Waals surface area contributed by atoms with E-state index in [0.29, 0.717) is 39.0 Å². The third-order valence-corrected chi connectivity index (χ3v) is 6.51. The van der Waals surface area contributed by atoms with Crippen LogP contribution in [0.1, 0.15) is 52.9 Å². The highest BCUT2D eigenvalue weighted by molar-refractivity contribution is 5.85. The fourth-order valence-electron chi connectivity index (χ4n) is 4.08. The molecule has 0 aromatic carbocycles. The number of nitrogens with zero attached hydrogens (tertiary/aromatic N) is 1. The molecule has 8 nitrogen and oxygen atoms in total. The minimum absolute atomic E-state index is 0.00372. The molecule has 0 radical (unpaired) electrons. The van der Waals surface area contributed by atoms with Crippen molar-refractivity contribution in [2.75, 3.05) is 26.2 Å². The summed E-state index contributed by atoms with van der Waals surface area (Å²) in [5, 5.41) is 16.7. The number of carbonyl (C=O) groups is 3. The molecule has 0 aromatic heterocycles. The maximum absolute atomic E-state index is 12.5. The van der Waals surface area contributed by atoms with E-state index in [2.05, 4.69) is 10.6 Å². The van der Waals surface area contributed by atoms with Crippen molar-refractivity contribution in [2.24, 2.45) is 5.41 Å². The zero-order valence-electron chi connectivity index (χ0n) is 16.5. The second kappa shape index (κ2) is 7.05. The quantitative estimate of drug-likeness (QED) is 0.632. The van der Waals surface area contributed by atoms with E-state index in [1.807, 2.05) is 13.8 Å². The van der Waals surface area contributed by atoms with Crippen LogP contribution in [0.2, 0.25) is 0 Å². The zero-order valence-corrected chi connectivity index (χ0v) is 16.5. The van der Waals surface area contributed by atoms with Crippen molar-refractivity contribution >= 4 is 17.7 Å². The lowest BCUT2D eigenvalue weighted by molar-refractivity contribution is -0.208. The average molecular weight is 381 g/mol. The van der Waals surface area contributed by atoms with Crippen molar-refractivity contribution in [3.8, 4) is 0 Å². The van der Waals surface area contributed by atoms with Gasteiger partial charge in [0, 0.05) is 32.0 Å². The summed E-state index contributed by atoms with van der Waals surface area (Å²) in [6, 6.07) is 0. The van der Waals surface area contributed by atoms with Gasteiger partial charge in [0.05, 0.1) is 17.7 Å². The molecular weight excluding hydrogens is 350 g/mol. The van der Waals surface area contributed by atoms with Gasteiger partial charge in [-0.05, 0) is 39.0 Å². The van der Waals surface area contributed by atoms with Gasteiger partial charge in [0.15, 0.2) is 0 Å². The summed E-state index contributed by atoms with van der Waals surface area (Å²) in [6.07, 6.45) is 2.50. The fraction of sp³-hybridized carbons (Fsp3) is 0.842. The minimum Gasteiger partial charge on any atom is -0.388 e. The standard InChI is InChI=1S/C19H31N3O5/c1-13(23)20-12-14(24)22-9-6-19(7-10-22)15(25)18(3,8-11-27-19)21-16(26)17(2)4-5-17/h15,25H,4-12H2,1-3H3,(H,20,23)(H,21,26)/t15-,18+/m0/s1. The molecule has 3 N–H and O–H groups in total. The molecule has 0 unspecified atom stereocenters. The van der Waals surface area contributed by atoms with Crippen LogP contribution in [-0.2, 0) is 19.1 Å². The van der Waals surface area contributed by atoms with Crippen molar-refractivity contribution < 1.29 is 24.2 Å². The van der Waals surface area contributed by atoms with Gasteiger partial charge in [-0.1, -0.05) is 6.92 Å². The van der Waals surface area contributed by atoms with Gasteiger partial charge in [-0.15, -0.1) is 0 Å². The third-order valence-electron chi connectivity index (χ3n) is 6.51. The summed E-state index contributed by atoms with van der Waals surface area (Å²) >= 11 is 0.